The second-order valence-corrected chi connectivity index (χ2v) is 3.80. The minimum Gasteiger partial charge on any atom is -0.465 e. The van der Waals surface area contributed by atoms with E-state index in [4.69, 9.17) is 10.6 Å². The Hall–Kier alpha value is -1.55. The van der Waals surface area contributed by atoms with Crippen LogP contribution in [0.1, 0.15) is 12.0 Å². The third-order valence-electron chi connectivity index (χ3n) is 2.58. The number of benzene rings is 1. The van der Waals surface area contributed by atoms with E-state index in [0.29, 0.717) is 18.9 Å². The first-order valence-corrected chi connectivity index (χ1v) is 4.99. The minimum atomic E-state index is -0.0831. The van der Waals surface area contributed by atoms with Crippen molar-refractivity contribution >= 4 is 11.7 Å². The van der Waals surface area contributed by atoms with Crippen molar-refractivity contribution < 1.29 is 9.53 Å². The molecule has 1 heterocycles. The Kier molecular flexibility index (Phi) is 2.87. The zero-order chi connectivity index (χ0) is 10.7. The molecule has 1 aliphatic heterocycles. The van der Waals surface area contributed by atoms with Crippen LogP contribution in [0.4, 0.5) is 5.69 Å². The number of rotatable bonds is 3. The van der Waals surface area contributed by atoms with Gasteiger partial charge in [-0.05, 0) is 24.1 Å². The number of carbonyl (C=O) groups excluding carboxylic acids is 1. The SMILES string of the molecule is NNc1ccc(C[C@H]2COC(=O)C2)cc1. The van der Waals surface area contributed by atoms with E-state index in [1.54, 1.807) is 0 Å². The van der Waals surface area contributed by atoms with E-state index in [1.165, 1.54) is 5.56 Å². The standard InChI is InChI=1S/C11H14N2O2/c12-13-10-3-1-8(2-4-10)5-9-6-11(14)15-7-9/h1-4,9,13H,5-7,12H2/t9-/m1/s1. The number of carbonyl (C=O) groups is 1. The lowest BCUT2D eigenvalue weighted by atomic mass is 9.98. The quantitative estimate of drug-likeness (QED) is 0.441. The molecule has 0 aliphatic carbocycles. The second-order valence-electron chi connectivity index (χ2n) is 3.80. The molecule has 0 unspecified atom stereocenters. The molecule has 1 atom stereocenters. The van der Waals surface area contributed by atoms with E-state index >= 15 is 0 Å². The molecule has 1 aliphatic rings. The van der Waals surface area contributed by atoms with Gasteiger partial charge in [-0.3, -0.25) is 10.6 Å². The minimum absolute atomic E-state index is 0.0831. The Labute approximate surface area is 88.4 Å². The van der Waals surface area contributed by atoms with Crippen LogP contribution in [0.5, 0.6) is 0 Å². The smallest absolute Gasteiger partial charge is 0.306 e. The van der Waals surface area contributed by atoms with Gasteiger partial charge in [0.25, 0.3) is 0 Å². The zero-order valence-corrected chi connectivity index (χ0v) is 8.40. The topological polar surface area (TPSA) is 64.3 Å². The van der Waals surface area contributed by atoms with Crippen molar-refractivity contribution in [3.63, 3.8) is 0 Å². The number of hydrogen-bond acceptors (Lipinski definition) is 4. The molecule has 1 saturated heterocycles. The Morgan fingerprint density at radius 2 is 2.13 bits per heavy atom. The normalized spacial score (nSPS) is 20.1. The zero-order valence-electron chi connectivity index (χ0n) is 8.40. The number of esters is 1. The van der Waals surface area contributed by atoms with Crippen molar-refractivity contribution in [2.45, 2.75) is 12.8 Å². The van der Waals surface area contributed by atoms with Crippen LogP contribution in [0.25, 0.3) is 0 Å². The van der Waals surface area contributed by atoms with Crippen LogP contribution in [0.3, 0.4) is 0 Å². The maximum Gasteiger partial charge on any atom is 0.306 e. The number of nitrogen functional groups attached to an aromatic ring is 1. The van der Waals surface area contributed by atoms with Gasteiger partial charge in [0.2, 0.25) is 0 Å². The van der Waals surface area contributed by atoms with Gasteiger partial charge in [-0.2, -0.15) is 0 Å². The number of cyclic esters (lactones) is 1. The number of hydrogen-bond donors (Lipinski definition) is 2. The van der Waals surface area contributed by atoms with E-state index in [2.05, 4.69) is 5.43 Å². The van der Waals surface area contributed by atoms with Crippen LogP contribution in [0, 0.1) is 5.92 Å². The van der Waals surface area contributed by atoms with Gasteiger partial charge >= 0.3 is 5.97 Å². The van der Waals surface area contributed by atoms with E-state index in [-0.39, 0.29) is 5.97 Å². The van der Waals surface area contributed by atoms with Gasteiger partial charge < -0.3 is 10.2 Å². The predicted octanol–water partition coefficient (Wildman–Crippen LogP) is 1.08. The summed E-state index contributed by atoms with van der Waals surface area (Å²) in [5, 5.41) is 0. The molecule has 0 spiro atoms. The van der Waals surface area contributed by atoms with Crippen molar-refractivity contribution in [1.82, 2.24) is 0 Å². The molecule has 0 aromatic heterocycles. The number of hydrazine groups is 1. The molecule has 2 rings (SSSR count). The van der Waals surface area contributed by atoms with Crippen molar-refractivity contribution in [1.29, 1.82) is 0 Å². The van der Waals surface area contributed by atoms with Crippen molar-refractivity contribution in [3.05, 3.63) is 29.8 Å². The molecule has 80 valence electrons. The van der Waals surface area contributed by atoms with Gasteiger partial charge in [0, 0.05) is 11.6 Å². The summed E-state index contributed by atoms with van der Waals surface area (Å²) in [7, 11) is 0. The molecule has 4 nitrogen and oxygen atoms in total. The number of nitrogens with two attached hydrogens (primary N) is 1. The summed E-state index contributed by atoms with van der Waals surface area (Å²) in [6, 6.07) is 7.87. The fraction of sp³-hybridized carbons (Fsp3) is 0.364. The lowest BCUT2D eigenvalue weighted by Crippen LogP contribution is -2.07. The van der Waals surface area contributed by atoms with Gasteiger partial charge in [0.1, 0.15) is 0 Å². The molecule has 1 aromatic rings. The number of anilines is 1. The lowest BCUT2D eigenvalue weighted by Gasteiger charge is -2.06. The average molecular weight is 206 g/mol. The van der Waals surface area contributed by atoms with E-state index < -0.39 is 0 Å². The Bertz CT molecular complexity index is 348. The van der Waals surface area contributed by atoms with Gasteiger partial charge in [0.15, 0.2) is 0 Å². The highest BCUT2D eigenvalue weighted by Crippen LogP contribution is 2.20. The molecule has 1 aromatic carbocycles. The van der Waals surface area contributed by atoms with Gasteiger partial charge in [-0.25, -0.2) is 0 Å². The molecule has 15 heavy (non-hydrogen) atoms. The summed E-state index contributed by atoms with van der Waals surface area (Å²) >= 11 is 0. The molecule has 3 N–H and O–H groups in total. The van der Waals surface area contributed by atoms with Gasteiger partial charge in [-0.1, -0.05) is 12.1 Å². The largest absolute Gasteiger partial charge is 0.465 e. The Morgan fingerprint density at radius 3 is 2.67 bits per heavy atom. The van der Waals surface area contributed by atoms with Crippen LogP contribution >= 0.6 is 0 Å². The van der Waals surface area contributed by atoms with Gasteiger partial charge in [0.05, 0.1) is 13.0 Å². The number of nitrogens with one attached hydrogen (secondary N) is 1. The first-order valence-electron chi connectivity index (χ1n) is 4.99. The number of ether oxygens (including phenoxy) is 1. The molecule has 0 bridgehead atoms. The molecule has 0 saturated carbocycles. The highest BCUT2D eigenvalue weighted by molar-refractivity contribution is 5.71. The Morgan fingerprint density at radius 1 is 1.40 bits per heavy atom. The molecular weight excluding hydrogens is 192 g/mol. The first-order chi connectivity index (χ1) is 7.28. The summed E-state index contributed by atoms with van der Waals surface area (Å²) in [4.78, 5) is 10.9. The summed E-state index contributed by atoms with van der Waals surface area (Å²) in [6.07, 6.45) is 1.42. The molecule has 4 heteroatoms. The van der Waals surface area contributed by atoms with E-state index in [1.807, 2.05) is 24.3 Å². The first kappa shape index (κ1) is 9.98. The predicted molar refractivity (Wildman–Crippen MR) is 57.0 cm³/mol. The van der Waals surface area contributed by atoms with Crippen LogP contribution < -0.4 is 11.3 Å². The van der Waals surface area contributed by atoms with Gasteiger partial charge in [-0.15, -0.1) is 0 Å². The van der Waals surface area contributed by atoms with Crippen LogP contribution in [0.15, 0.2) is 24.3 Å². The van der Waals surface area contributed by atoms with Crippen molar-refractivity contribution in [2.75, 3.05) is 12.0 Å². The third-order valence-corrected chi connectivity index (χ3v) is 2.58. The monoisotopic (exact) mass is 206 g/mol. The highest BCUT2D eigenvalue weighted by atomic mass is 16.5. The van der Waals surface area contributed by atoms with E-state index in [0.717, 1.165) is 12.1 Å². The fourth-order valence-electron chi connectivity index (χ4n) is 1.77. The summed E-state index contributed by atoms with van der Waals surface area (Å²) in [5.74, 6) is 5.51. The lowest BCUT2D eigenvalue weighted by molar-refractivity contribution is -0.137. The van der Waals surface area contributed by atoms with Crippen molar-refractivity contribution in [3.8, 4) is 0 Å². The maximum absolute atomic E-state index is 10.9. The molecular formula is C11H14N2O2. The summed E-state index contributed by atoms with van der Waals surface area (Å²) in [6.45, 7) is 0.551. The molecule has 0 amide bonds. The van der Waals surface area contributed by atoms with Crippen molar-refractivity contribution in [2.24, 2.45) is 11.8 Å². The summed E-state index contributed by atoms with van der Waals surface area (Å²) in [5.41, 5.74) is 4.67. The van der Waals surface area contributed by atoms with Crippen LogP contribution in [-0.4, -0.2) is 12.6 Å². The third kappa shape index (κ3) is 2.47. The van der Waals surface area contributed by atoms with Crippen LogP contribution in [0.2, 0.25) is 0 Å². The Balaban J connectivity index is 1.96. The fourth-order valence-corrected chi connectivity index (χ4v) is 1.77. The highest BCUT2D eigenvalue weighted by Gasteiger charge is 2.23. The van der Waals surface area contributed by atoms with Crippen LogP contribution in [-0.2, 0) is 16.0 Å². The molecule has 0 radical (unpaired) electrons. The summed E-state index contributed by atoms with van der Waals surface area (Å²) < 4.78 is 4.91. The van der Waals surface area contributed by atoms with E-state index in [9.17, 15) is 4.79 Å². The average Bonchev–Trinajstić information content (AvgIpc) is 2.65. The second kappa shape index (κ2) is 4.31. The molecule has 1 fully saturated rings. The maximum atomic E-state index is 10.9.